The number of aromatic nitrogens is 5. The Morgan fingerprint density at radius 1 is 1.08 bits per heavy atom. The fourth-order valence-corrected chi connectivity index (χ4v) is 2.27. The molecule has 4 rings (SSSR count). The number of hydrogen-bond donors (Lipinski definition) is 0. The highest BCUT2D eigenvalue weighted by Crippen LogP contribution is 2.23. The van der Waals surface area contributed by atoms with Crippen molar-refractivity contribution in [3.05, 3.63) is 72.7 Å². The van der Waals surface area contributed by atoms with Gasteiger partial charge in [0.25, 0.3) is 5.89 Å². The summed E-state index contributed by atoms with van der Waals surface area (Å²) >= 11 is 0. The topological polar surface area (TPSA) is 78.9 Å². The molecule has 124 valence electrons. The number of halogens is 1. The zero-order valence-corrected chi connectivity index (χ0v) is 12.9. The highest BCUT2D eigenvalue weighted by atomic mass is 19.1. The van der Waals surface area contributed by atoms with Crippen molar-refractivity contribution in [3.8, 4) is 23.0 Å². The summed E-state index contributed by atoms with van der Waals surface area (Å²) in [5, 5.41) is 8.03. The standard InChI is InChI=1S/C17H12FN5O2/c18-13-6-1-2-7-14(13)24-11-15-21-17(25-22-15)12-5-3-8-19-16(12)23-10-4-9-20-23/h1-10H,11H2. The molecule has 0 atom stereocenters. The third-order valence-electron chi connectivity index (χ3n) is 3.40. The van der Waals surface area contributed by atoms with Gasteiger partial charge in [-0.15, -0.1) is 0 Å². The molecule has 7 nitrogen and oxygen atoms in total. The van der Waals surface area contributed by atoms with Crippen LogP contribution in [-0.4, -0.2) is 24.9 Å². The smallest absolute Gasteiger partial charge is 0.261 e. The molecular formula is C17H12FN5O2. The molecule has 3 heterocycles. The molecule has 8 heteroatoms. The van der Waals surface area contributed by atoms with E-state index >= 15 is 0 Å². The number of nitrogens with zero attached hydrogens (tertiary/aromatic N) is 5. The van der Waals surface area contributed by atoms with E-state index in [1.54, 1.807) is 53.6 Å². The van der Waals surface area contributed by atoms with E-state index < -0.39 is 5.82 Å². The van der Waals surface area contributed by atoms with Crippen LogP contribution < -0.4 is 4.74 Å². The summed E-state index contributed by atoms with van der Waals surface area (Å²) in [6.45, 7) is -0.0121. The van der Waals surface area contributed by atoms with E-state index in [-0.39, 0.29) is 18.2 Å². The second kappa shape index (κ2) is 6.52. The molecule has 0 aliphatic carbocycles. The van der Waals surface area contributed by atoms with E-state index in [1.165, 1.54) is 12.1 Å². The molecule has 0 aliphatic heterocycles. The maximum Gasteiger partial charge on any atom is 0.261 e. The lowest BCUT2D eigenvalue weighted by Gasteiger charge is -2.04. The number of benzene rings is 1. The maximum atomic E-state index is 13.6. The second-order valence-electron chi connectivity index (χ2n) is 5.06. The molecule has 0 unspecified atom stereocenters. The molecule has 0 amide bonds. The Morgan fingerprint density at radius 3 is 2.84 bits per heavy atom. The van der Waals surface area contributed by atoms with Gasteiger partial charge in [-0.25, -0.2) is 14.1 Å². The second-order valence-corrected chi connectivity index (χ2v) is 5.06. The zero-order valence-electron chi connectivity index (χ0n) is 12.9. The minimum absolute atomic E-state index is 0.0121. The number of ether oxygens (including phenoxy) is 1. The lowest BCUT2D eigenvalue weighted by molar-refractivity contribution is 0.274. The summed E-state index contributed by atoms with van der Waals surface area (Å²) in [4.78, 5) is 8.59. The molecule has 0 saturated heterocycles. The van der Waals surface area contributed by atoms with Crippen LogP contribution in [0.5, 0.6) is 5.75 Å². The largest absolute Gasteiger partial charge is 0.482 e. The first-order valence-electron chi connectivity index (χ1n) is 7.46. The average Bonchev–Trinajstić information content (AvgIpc) is 3.33. The van der Waals surface area contributed by atoms with Gasteiger partial charge in [0.05, 0.1) is 5.56 Å². The van der Waals surface area contributed by atoms with Crippen molar-refractivity contribution >= 4 is 0 Å². The summed E-state index contributed by atoms with van der Waals surface area (Å²) < 4.78 is 25.8. The Balaban J connectivity index is 1.57. The highest BCUT2D eigenvalue weighted by Gasteiger charge is 2.16. The summed E-state index contributed by atoms with van der Waals surface area (Å²) in [7, 11) is 0. The van der Waals surface area contributed by atoms with Gasteiger partial charge in [-0.05, 0) is 30.3 Å². The Labute approximate surface area is 141 Å². The zero-order chi connectivity index (χ0) is 17.1. The summed E-state index contributed by atoms with van der Waals surface area (Å²) in [5.74, 6) is 0.837. The molecule has 0 bridgehead atoms. The van der Waals surface area contributed by atoms with Crippen LogP contribution in [0.4, 0.5) is 4.39 Å². The van der Waals surface area contributed by atoms with Crippen LogP contribution in [0.2, 0.25) is 0 Å². The van der Waals surface area contributed by atoms with Crippen molar-refractivity contribution < 1.29 is 13.7 Å². The predicted molar refractivity (Wildman–Crippen MR) is 85.4 cm³/mol. The lowest BCUT2D eigenvalue weighted by atomic mass is 10.2. The first-order valence-corrected chi connectivity index (χ1v) is 7.46. The predicted octanol–water partition coefficient (Wildman–Crippen LogP) is 3.04. The van der Waals surface area contributed by atoms with E-state index in [0.29, 0.717) is 17.2 Å². The van der Waals surface area contributed by atoms with Crippen LogP contribution >= 0.6 is 0 Å². The Morgan fingerprint density at radius 2 is 2.00 bits per heavy atom. The molecule has 0 aliphatic rings. The number of para-hydroxylation sites is 1. The minimum Gasteiger partial charge on any atom is -0.482 e. The summed E-state index contributed by atoms with van der Waals surface area (Å²) in [6.07, 6.45) is 5.07. The summed E-state index contributed by atoms with van der Waals surface area (Å²) in [5.41, 5.74) is 0.635. The molecule has 0 N–H and O–H groups in total. The Bertz CT molecular complexity index is 984. The third kappa shape index (κ3) is 3.09. The fraction of sp³-hybridized carbons (Fsp3) is 0.0588. The average molecular weight is 337 g/mol. The molecule has 0 radical (unpaired) electrons. The van der Waals surface area contributed by atoms with E-state index in [1.807, 2.05) is 0 Å². The summed E-state index contributed by atoms with van der Waals surface area (Å²) in [6, 6.07) is 11.5. The number of hydrogen-bond acceptors (Lipinski definition) is 6. The Kier molecular flexibility index (Phi) is 3.91. The first kappa shape index (κ1) is 15.0. The highest BCUT2D eigenvalue weighted by molar-refractivity contribution is 5.62. The van der Waals surface area contributed by atoms with Crippen LogP contribution in [0.25, 0.3) is 17.3 Å². The molecular weight excluding hydrogens is 325 g/mol. The monoisotopic (exact) mass is 337 g/mol. The van der Waals surface area contributed by atoms with Gasteiger partial charge in [-0.2, -0.15) is 10.1 Å². The minimum atomic E-state index is -0.445. The molecule has 0 saturated carbocycles. The van der Waals surface area contributed by atoms with Crippen molar-refractivity contribution in [1.82, 2.24) is 24.9 Å². The van der Waals surface area contributed by atoms with Gasteiger partial charge < -0.3 is 9.26 Å². The van der Waals surface area contributed by atoms with Gasteiger partial charge in [-0.1, -0.05) is 17.3 Å². The van der Waals surface area contributed by atoms with Crippen molar-refractivity contribution in [2.24, 2.45) is 0 Å². The van der Waals surface area contributed by atoms with Gasteiger partial charge in [0.2, 0.25) is 5.82 Å². The number of rotatable bonds is 5. The van der Waals surface area contributed by atoms with E-state index in [4.69, 9.17) is 9.26 Å². The lowest BCUT2D eigenvalue weighted by Crippen LogP contribution is -2.01. The van der Waals surface area contributed by atoms with Crippen molar-refractivity contribution in [2.45, 2.75) is 6.61 Å². The van der Waals surface area contributed by atoms with Gasteiger partial charge in [0, 0.05) is 18.6 Å². The van der Waals surface area contributed by atoms with Gasteiger partial charge in [-0.3, -0.25) is 0 Å². The van der Waals surface area contributed by atoms with Crippen molar-refractivity contribution in [2.75, 3.05) is 0 Å². The number of pyridine rings is 1. The molecule has 4 aromatic rings. The van der Waals surface area contributed by atoms with E-state index in [9.17, 15) is 4.39 Å². The van der Waals surface area contributed by atoms with Crippen LogP contribution in [0, 0.1) is 5.82 Å². The fourth-order valence-electron chi connectivity index (χ4n) is 2.27. The van der Waals surface area contributed by atoms with Gasteiger partial charge >= 0.3 is 0 Å². The first-order chi connectivity index (χ1) is 12.3. The van der Waals surface area contributed by atoms with Crippen LogP contribution in [0.1, 0.15) is 5.82 Å². The Hall–Kier alpha value is -3.55. The van der Waals surface area contributed by atoms with Crippen LogP contribution in [-0.2, 0) is 6.61 Å². The molecule has 3 aromatic heterocycles. The third-order valence-corrected chi connectivity index (χ3v) is 3.40. The SMILES string of the molecule is Fc1ccccc1OCc1noc(-c2cccnc2-n2cccn2)n1. The van der Waals surface area contributed by atoms with Crippen molar-refractivity contribution in [1.29, 1.82) is 0 Å². The molecule has 25 heavy (non-hydrogen) atoms. The quantitative estimate of drug-likeness (QED) is 0.557. The molecule has 1 aromatic carbocycles. The van der Waals surface area contributed by atoms with E-state index in [0.717, 1.165) is 0 Å². The van der Waals surface area contributed by atoms with Crippen LogP contribution in [0.3, 0.4) is 0 Å². The van der Waals surface area contributed by atoms with Crippen molar-refractivity contribution in [3.63, 3.8) is 0 Å². The van der Waals surface area contributed by atoms with Gasteiger partial charge in [0.1, 0.15) is 0 Å². The van der Waals surface area contributed by atoms with Crippen LogP contribution in [0.15, 0.2) is 65.6 Å². The molecule has 0 spiro atoms. The maximum absolute atomic E-state index is 13.6. The normalized spacial score (nSPS) is 10.8. The van der Waals surface area contributed by atoms with E-state index in [2.05, 4.69) is 20.2 Å². The molecule has 0 fully saturated rings. The van der Waals surface area contributed by atoms with Gasteiger partial charge in [0.15, 0.2) is 24.0 Å².